The number of nitrogens with two attached hydrogens (primary N) is 1. The van der Waals surface area contributed by atoms with Gasteiger partial charge in [-0.1, -0.05) is 12.8 Å². The molecule has 1 heterocycles. The number of nitrogens with zero attached hydrogens (tertiary/aromatic N) is 1. The number of hydrogen-bond acceptors (Lipinski definition) is 3. The normalized spacial score (nSPS) is 23.0. The maximum atomic E-state index is 11.7. The second kappa shape index (κ2) is 5.06. The van der Waals surface area contributed by atoms with Gasteiger partial charge in [0, 0.05) is 13.1 Å². The lowest BCUT2D eigenvalue weighted by Gasteiger charge is -2.21. The van der Waals surface area contributed by atoms with Crippen molar-refractivity contribution in [2.45, 2.75) is 38.8 Å². The van der Waals surface area contributed by atoms with Crippen molar-refractivity contribution in [3.63, 3.8) is 0 Å². The van der Waals surface area contributed by atoms with Gasteiger partial charge < -0.3 is 5.73 Å². The number of nitrogens with one attached hydrogen (secondary N) is 1. The first kappa shape index (κ1) is 11.9. The molecule has 1 rings (SSSR count). The summed E-state index contributed by atoms with van der Waals surface area (Å²) < 4.78 is 27.2. The van der Waals surface area contributed by atoms with Crippen LogP contribution in [0.25, 0.3) is 0 Å². The highest BCUT2D eigenvalue weighted by Crippen LogP contribution is 2.12. The largest absolute Gasteiger partial charge is 0.315 e. The average molecular weight is 221 g/mol. The summed E-state index contributed by atoms with van der Waals surface area (Å²) in [6.07, 6.45) is 3.59. The van der Waals surface area contributed by atoms with Crippen LogP contribution >= 0.6 is 0 Å². The van der Waals surface area contributed by atoms with E-state index in [9.17, 15) is 8.42 Å². The van der Waals surface area contributed by atoms with Gasteiger partial charge in [0.25, 0.3) is 10.2 Å². The van der Waals surface area contributed by atoms with Crippen LogP contribution in [0, 0.1) is 0 Å². The topological polar surface area (TPSA) is 75.4 Å². The molecule has 84 valence electrons. The minimum absolute atomic E-state index is 0.525. The second-order valence-electron chi connectivity index (χ2n) is 3.72. The van der Waals surface area contributed by atoms with Crippen LogP contribution in [0.2, 0.25) is 0 Å². The van der Waals surface area contributed by atoms with Crippen molar-refractivity contribution in [3.8, 4) is 0 Å². The van der Waals surface area contributed by atoms with Crippen molar-refractivity contribution in [2.75, 3.05) is 13.1 Å². The van der Waals surface area contributed by atoms with Crippen LogP contribution in [0.3, 0.4) is 0 Å². The predicted octanol–water partition coefficient (Wildman–Crippen LogP) is 0.00150. The summed E-state index contributed by atoms with van der Waals surface area (Å²) in [5.74, 6) is 0. The van der Waals surface area contributed by atoms with Gasteiger partial charge in [0.05, 0.1) is 6.17 Å². The van der Waals surface area contributed by atoms with Crippen molar-refractivity contribution in [2.24, 2.45) is 5.73 Å². The van der Waals surface area contributed by atoms with Crippen molar-refractivity contribution in [1.82, 2.24) is 9.03 Å². The minimum Gasteiger partial charge on any atom is -0.315 e. The van der Waals surface area contributed by atoms with E-state index in [1.165, 1.54) is 4.31 Å². The summed E-state index contributed by atoms with van der Waals surface area (Å²) in [4.78, 5) is 0. The fourth-order valence-electron chi connectivity index (χ4n) is 1.59. The molecule has 6 heteroatoms. The monoisotopic (exact) mass is 221 g/mol. The first-order valence-corrected chi connectivity index (χ1v) is 6.49. The van der Waals surface area contributed by atoms with Crippen molar-refractivity contribution < 1.29 is 8.42 Å². The summed E-state index contributed by atoms with van der Waals surface area (Å²) >= 11 is 0. The van der Waals surface area contributed by atoms with Gasteiger partial charge in [0.2, 0.25) is 0 Å². The van der Waals surface area contributed by atoms with Gasteiger partial charge in [-0.15, -0.1) is 0 Å². The molecule has 0 aromatic heterocycles. The molecule has 0 radical (unpaired) electrons. The molecule has 5 nitrogen and oxygen atoms in total. The van der Waals surface area contributed by atoms with E-state index in [-0.39, 0.29) is 0 Å². The Balaban J connectivity index is 2.60. The summed E-state index contributed by atoms with van der Waals surface area (Å²) in [5.41, 5.74) is 5.41. The minimum atomic E-state index is -3.35. The van der Waals surface area contributed by atoms with Crippen molar-refractivity contribution in [3.05, 3.63) is 0 Å². The lowest BCUT2D eigenvalue weighted by molar-refractivity contribution is 0.410. The van der Waals surface area contributed by atoms with Crippen molar-refractivity contribution >= 4 is 10.2 Å². The molecule has 0 amide bonds. The quantitative estimate of drug-likeness (QED) is 0.659. The highest BCUT2D eigenvalue weighted by molar-refractivity contribution is 7.87. The molecule has 0 aromatic rings. The van der Waals surface area contributed by atoms with Gasteiger partial charge in [-0.3, -0.25) is 0 Å². The molecule has 0 bridgehead atoms. The Kier molecular flexibility index (Phi) is 4.31. The standard InChI is InChI=1S/C8H19N3O2S/c1-8(9)10-14(12,13)11-6-4-2-3-5-7-11/h8,10H,2-7,9H2,1H3. The summed E-state index contributed by atoms with van der Waals surface area (Å²) in [5, 5.41) is 0. The lowest BCUT2D eigenvalue weighted by Crippen LogP contribution is -2.47. The first-order chi connectivity index (χ1) is 6.52. The van der Waals surface area contributed by atoms with E-state index >= 15 is 0 Å². The van der Waals surface area contributed by atoms with Crippen LogP contribution in [0.1, 0.15) is 32.6 Å². The van der Waals surface area contributed by atoms with E-state index in [0.29, 0.717) is 13.1 Å². The lowest BCUT2D eigenvalue weighted by atomic mass is 10.2. The molecule has 1 aliphatic rings. The number of hydrogen-bond donors (Lipinski definition) is 2. The molecular weight excluding hydrogens is 202 g/mol. The summed E-state index contributed by atoms with van der Waals surface area (Å²) in [6, 6.07) is 0. The van der Waals surface area contributed by atoms with Crippen LogP contribution in [-0.4, -0.2) is 32.0 Å². The molecule has 1 unspecified atom stereocenters. The van der Waals surface area contributed by atoms with Gasteiger partial charge in [0.1, 0.15) is 0 Å². The van der Waals surface area contributed by atoms with E-state index in [0.717, 1.165) is 25.7 Å². The molecule has 14 heavy (non-hydrogen) atoms. The third kappa shape index (κ3) is 3.53. The van der Waals surface area contributed by atoms with Crippen LogP contribution < -0.4 is 10.5 Å². The zero-order valence-corrected chi connectivity index (χ0v) is 9.39. The van der Waals surface area contributed by atoms with Crippen LogP contribution in [0.4, 0.5) is 0 Å². The highest BCUT2D eigenvalue weighted by Gasteiger charge is 2.23. The Morgan fingerprint density at radius 1 is 1.21 bits per heavy atom. The zero-order valence-electron chi connectivity index (χ0n) is 8.57. The first-order valence-electron chi connectivity index (χ1n) is 5.05. The van der Waals surface area contributed by atoms with Gasteiger partial charge >= 0.3 is 0 Å². The molecule has 0 saturated carbocycles. The Labute approximate surface area is 85.8 Å². The molecule has 1 aliphatic heterocycles. The van der Waals surface area contributed by atoms with E-state index in [4.69, 9.17) is 5.73 Å². The third-order valence-electron chi connectivity index (χ3n) is 2.24. The van der Waals surface area contributed by atoms with E-state index in [2.05, 4.69) is 4.72 Å². The molecule has 0 spiro atoms. The van der Waals surface area contributed by atoms with E-state index in [1.54, 1.807) is 6.92 Å². The van der Waals surface area contributed by atoms with Gasteiger partial charge in [-0.25, -0.2) is 0 Å². The van der Waals surface area contributed by atoms with Gasteiger partial charge in [-0.2, -0.15) is 17.4 Å². The third-order valence-corrected chi connectivity index (χ3v) is 3.95. The Morgan fingerprint density at radius 3 is 2.14 bits per heavy atom. The smallest absolute Gasteiger partial charge is 0.280 e. The molecule has 1 atom stereocenters. The average Bonchev–Trinajstić information content (AvgIpc) is 2.28. The van der Waals surface area contributed by atoms with Gasteiger partial charge in [-0.05, 0) is 19.8 Å². The fraction of sp³-hybridized carbons (Fsp3) is 1.00. The predicted molar refractivity (Wildman–Crippen MR) is 55.7 cm³/mol. The molecule has 3 N–H and O–H groups in total. The summed E-state index contributed by atoms with van der Waals surface area (Å²) in [6.45, 7) is 2.85. The molecular formula is C8H19N3O2S. The summed E-state index contributed by atoms with van der Waals surface area (Å²) in [7, 11) is -3.35. The molecule has 0 aliphatic carbocycles. The number of rotatable bonds is 3. The van der Waals surface area contributed by atoms with Crippen LogP contribution in [0.15, 0.2) is 0 Å². The zero-order chi connectivity index (χ0) is 10.6. The molecule has 1 fully saturated rings. The molecule has 1 saturated heterocycles. The SMILES string of the molecule is CC(N)NS(=O)(=O)N1CCCCCC1. The van der Waals surface area contributed by atoms with Crippen LogP contribution in [-0.2, 0) is 10.2 Å². The van der Waals surface area contributed by atoms with Crippen LogP contribution in [0.5, 0.6) is 0 Å². The fourth-order valence-corrected chi connectivity index (χ4v) is 2.95. The highest BCUT2D eigenvalue weighted by atomic mass is 32.2. The Hall–Kier alpha value is -0.170. The maximum absolute atomic E-state index is 11.7. The van der Waals surface area contributed by atoms with E-state index < -0.39 is 16.4 Å². The maximum Gasteiger partial charge on any atom is 0.280 e. The van der Waals surface area contributed by atoms with Gasteiger partial charge in [0.15, 0.2) is 0 Å². The van der Waals surface area contributed by atoms with Crippen molar-refractivity contribution in [1.29, 1.82) is 0 Å². The van der Waals surface area contributed by atoms with E-state index in [1.807, 2.05) is 0 Å². The Morgan fingerprint density at radius 2 is 1.71 bits per heavy atom. The molecule has 0 aromatic carbocycles. The Bertz CT molecular complexity index is 256. The second-order valence-corrected chi connectivity index (χ2v) is 5.43.